The van der Waals surface area contributed by atoms with Gasteiger partial charge in [0.1, 0.15) is 17.0 Å². The lowest BCUT2D eigenvalue weighted by Gasteiger charge is -2.11. The fraction of sp³-hybridized carbons (Fsp3) is 0. The number of para-hydroxylation sites is 6. The Balaban J connectivity index is 1.09. The Kier molecular flexibility index (Phi) is 7.40. The molecule has 4 aromatic heterocycles. The summed E-state index contributed by atoms with van der Waals surface area (Å²) in [4.78, 5) is 20.8. The highest BCUT2D eigenvalue weighted by atomic mass is 16.3. The van der Waals surface area contributed by atoms with Gasteiger partial charge in [-0.2, -0.15) is 9.97 Å². The number of hydrogen-bond donors (Lipinski definition) is 0. The van der Waals surface area contributed by atoms with Crippen molar-refractivity contribution in [3.05, 3.63) is 194 Å². The van der Waals surface area contributed by atoms with E-state index in [0.717, 1.165) is 83.0 Å². The fourth-order valence-corrected chi connectivity index (χ4v) is 8.52. The first-order valence-corrected chi connectivity index (χ1v) is 19.7. The molecule has 0 N–H and O–H groups in total. The molecule has 7 nitrogen and oxygen atoms in total. The number of hydrogen-bond acceptors (Lipinski definition) is 5. The summed E-state index contributed by atoms with van der Waals surface area (Å²) in [6, 6.07) is 66.7. The van der Waals surface area contributed by atoms with Gasteiger partial charge in [-0.05, 0) is 65.7 Å². The van der Waals surface area contributed by atoms with Gasteiger partial charge in [-0.3, -0.25) is 9.13 Å². The molecule has 0 unspecified atom stereocenters. The highest BCUT2D eigenvalue weighted by Gasteiger charge is 2.23. The van der Waals surface area contributed by atoms with E-state index < -0.39 is 0 Å². The number of imidazole rings is 1. The van der Waals surface area contributed by atoms with Gasteiger partial charge in [-0.15, -0.1) is 0 Å². The van der Waals surface area contributed by atoms with Crippen molar-refractivity contribution in [3.8, 4) is 56.9 Å². The van der Waals surface area contributed by atoms with Crippen LogP contribution in [-0.4, -0.2) is 29.1 Å². The van der Waals surface area contributed by atoms with Crippen molar-refractivity contribution in [2.45, 2.75) is 0 Å². The molecule has 276 valence electrons. The third kappa shape index (κ3) is 5.29. The number of aromatic nitrogens is 6. The molecule has 0 saturated carbocycles. The zero-order valence-electron chi connectivity index (χ0n) is 31.6. The molecular formula is C52H32N6O. The first kappa shape index (κ1) is 33.0. The van der Waals surface area contributed by atoms with E-state index in [1.165, 1.54) is 5.56 Å². The first-order chi connectivity index (χ1) is 29.3. The SMILES string of the molecule is c1ccc(-c2ccc3c(c2)c2ccccc2n3-c2nc(-c3ccccc3)nc(-c3cccc4c3oc3c(-c5nc6ccccc6n5-c5ccccc5)cccc34)n2)cc1. The Morgan fingerprint density at radius 1 is 0.356 bits per heavy atom. The molecule has 0 atom stereocenters. The van der Waals surface area contributed by atoms with E-state index in [4.69, 9.17) is 24.4 Å². The summed E-state index contributed by atoms with van der Waals surface area (Å²) in [5, 5.41) is 4.20. The highest BCUT2D eigenvalue weighted by molar-refractivity contribution is 6.13. The quantitative estimate of drug-likeness (QED) is 0.169. The maximum Gasteiger partial charge on any atom is 0.238 e. The van der Waals surface area contributed by atoms with E-state index in [1.807, 2.05) is 54.6 Å². The van der Waals surface area contributed by atoms with Crippen LogP contribution >= 0.6 is 0 Å². The molecule has 7 heteroatoms. The lowest BCUT2D eigenvalue weighted by atomic mass is 10.0. The van der Waals surface area contributed by atoms with Gasteiger partial charge >= 0.3 is 0 Å². The van der Waals surface area contributed by atoms with Crippen molar-refractivity contribution in [2.24, 2.45) is 0 Å². The molecule has 8 aromatic carbocycles. The van der Waals surface area contributed by atoms with Crippen LogP contribution in [0.3, 0.4) is 0 Å². The number of nitrogens with zero attached hydrogens (tertiary/aromatic N) is 6. The Bertz CT molecular complexity index is 3550. The lowest BCUT2D eigenvalue weighted by molar-refractivity contribution is 0.670. The minimum Gasteiger partial charge on any atom is -0.455 e. The molecule has 0 fully saturated rings. The van der Waals surface area contributed by atoms with Crippen LogP contribution in [0.15, 0.2) is 199 Å². The van der Waals surface area contributed by atoms with Crippen molar-refractivity contribution in [2.75, 3.05) is 0 Å². The van der Waals surface area contributed by atoms with E-state index in [-0.39, 0.29) is 0 Å². The maximum absolute atomic E-state index is 7.02. The number of fused-ring (bicyclic) bond motifs is 7. The van der Waals surface area contributed by atoms with Crippen molar-refractivity contribution in [3.63, 3.8) is 0 Å². The summed E-state index contributed by atoms with van der Waals surface area (Å²) in [5.74, 6) is 2.42. The van der Waals surface area contributed by atoms with E-state index in [9.17, 15) is 0 Å². The van der Waals surface area contributed by atoms with Gasteiger partial charge < -0.3 is 4.42 Å². The third-order valence-electron chi connectivity index (χ3n) is 11.2. The van der Waals surface area contributed by atoms with Gasteiger partial charge in [0.05, 0.1) is 33.2 Å². The Labute approximate surface area is 338 Å². The van der Waals surface area contributed by atoms with Crippen molar-refractivity contribution in [1.29, 1.82) is 0 Å². The molecule has 59 heavy (non-hydrogen) atoms. The van der Waals surface area contributed by atoms with Crippen molar-refractivity contribution < 1.29 is 4.42 Å². The highest BCUT2D eigenvalue weighted by Crippen LogP contribution is 2.41. The third-order valence-corrected chi connectivity index (χ3v) is 11.2. The second kappa shape index (κ2) is 13.2. The molecule has 0 aliphatic heterocycles. The number of rotatable bonds is 6. The second-order valence-corrected chi connectivity index (χ2v) is 14.7. The number of benzene rings is 8. The summed E-state index contributed by atoms with van der Waals surface area (Å²) in [6.45, 7) is 0. The minimum absolute atomic E-state index is 0.517. The van der Waals surface area contributed by atoms with Crippen LogP contribution in [-0.2, 0) is 0 Å². The van der Waals surface area contributed by atoms with E-state index in [0.29, 0.717) is 23.2 Å². The minimum atomic E-state index is 0.517. The second-order valence-electron chi connectivity index (χ2n) is 14.7. The predicted molar refractivity (Wildman–Crippen MR) is 238 cm³/mol. The Morgan fingerprint density at radius 3 is 1.73 bits per heavy atom. The molecule has 4 heterocycles. The van der Waals surface area contributed by atoms with Crippen molar-refractivity contribution >= 4 is 54.8 Å². The normalized spacial score (nSPS) is 11.7. The summed E-state index contributed by atoms with van der Waals surface area (Å²) < 4.78 is 11.4. The zero-order valence-corrected chi connectivity index (χ0v) is 31.6. The topological polar surface area (TPSA) is 74.6 Å². The molecule has 0 bridgehead atoms. The summed E-state index contributed by atoms with van der Waals surface area (Å²) in [6.07, 6.45) is 0. The van der Waals surface area contributed by atoms with E-state index in [1.54, 1.807) is 0 Å². The molecular weight excluding hydrogens is 725 g/mol. The van der Waals surface area contributed by atoms with Gasteiger partial charge in [0.15, 0.2) is 11.6 Å². The van der Waals surface area contributed by atoms with Gasteiger partial charge in [0.2, 0.25) is 5.95 Å². The van der Waals surface area contributed by atoms with Crippen LogP contribution in [0.1, 0.15) is 0 Å². The van der Waals surface area contributed by atoms with Crippen LogP contribution < -0.4 is 0 Å². The zero-order chi connectivity index (χ0) is 38.9. The van der Waals surface area contributed by atoms with Crippen LogP contribution in [0.5, 0.6) is 0 Å². The average molecular weight is 757 g/mol. The lowest BCUT2D eigenvalue weighted by Crippen LogP contribution is -2.06. The largest absolute Gasteiger partial charge is 0.455 e. The standard InChI is InChI=1S/C52H32N6O/c1-4-16-33(17-5-1)35-30-31-45-42(32-35)37-22-10-12-28-44(37)58(45)52-55-49(34-18-6-2-7-19-34)54-50(56-52)40-25-14-23-38-39-24-15-26-41(48(39)59-47(38)40)51-53-43-27-11-13-29-46(43)57(51)36-20-8-3-9-21-36/h1-32H. The molecule has 0 spiro atoms. The Morgan fingerprint density at radius 2 is 0.949 bits per heavy atom. The molecule has 12 aromatic rings. The monoisotopic (exact) mass is 756 g/mol. The molecule has 0 saturated heterocycles. The summed E-state index contributed by atoms with van der Waals surface area (Å²) in [7, 11) is 0. The summed E-state index contributed by atoms with van der Waals surface area (Å²) >= 11 is 0. The fourth-order valence-electron chi connectivity index (χ4n) is 8.52. The van der Waals surface area contributed by atoms with Gasteiger partial charge in [-0.25, -0.2) is 9.97 Å². The Hall–Kier alpha value is -8.16. The van der Waals surface area contributed by atoms with Crippen molar-refractivity contribution in [1.82, 2.24) is 29.1 Å². The van der Waals surface area contributed by atoms with Gasteiger partial charge in [-0.1, -0.05) is 140 Å². The van der Waals surface area contributed by atoms with Gasteiger partial charge in [0, 0.05) is 32.8 Å². The van der Waals surface area contributed by atoms with Crippen LogP contribution in [0.2, 0.25) is 0 Å². The smallest absolute Gasteiger partial charge is 0.238 e. The van der Waals surface area contributed by atoms with Crippen LogP contribution in [0.4, 0.5) is 0 Å². The van der Waals surface area contributed by atoms with Gasteiger partial charge in [0.25, 0.3) is 0 Å². The van der Waals surface area contributed by atoms with Crippen LogP contribution in [0, 0.1) is 0 Å². The average Bonchev–Trinajstić information content (AvgIpc) is 3.99. The van der Waals surface area contributed by atoms with E-state index in [2.05, 4.69) is 149 Å². The molecule has 0 aliphatic carbocycles. The maximum atomic E-state index is 7.02. The summed E-state index contributed by atoms with van der Waals surface area (Å²) in [5.41, 5.74) is 11.3. The number of furan rings is 1. The predicted octanol–water partition coefficient (Wildman–Crippen LogP) is 12.9. The molecule has 12 rings (SSSR count). The van der Waals surface area contributed by atoms with E-state index >= 15 is 0 Å². The molecule has 0 aliphatic rings. The molecule has 0 amide bonds. The van der Waals surface area contributed by atoms with Crippen LogP contribution in [0.25, 0.3) is 112 Å². The molecule has 0 radical (unpaired) electrons. The first-order valence-electron chi connectivity index (χ1n) is 19.7.